The van der Waals surface area contributed by atoms with E-state index in [0.29, 0.717) is 39.4 Å². The first-order valence-electron chi connectivity index (χ1n) is 7.34. The molecule has 0 bridgehead atoms. The first kappa shape index (κ1) is 16.9. The van der Waals surface area contributed by atoms with Gasteiger partial charge in [-0.25, -0.2) is 0 Å². The molecule has 0 aliphatic heterocycles. The van der Waals surface area contributed by atoms with Gasteiger partial charge in [0.2, 0.25) is 0 Å². The minimum Gasteiger partial charge on any atom is -0.453 e. The number of Topliss-reactive ketones (excluding diaryl/α,β-unsaturated/α-hetero) is 1. The fourth-order valence-electron chi connectivity index (χ4n) is 2.17. The molecule has 3 rings (SSSR count). The molecule has 0 aliphatic carbocycles. The SMILES string of the molecule is CC(=O)CSc1nnc(-c2ccc(-c3ccc(C)c([N+](=O)[O-])c3)o2)[nH]1. The summed E-state index contributed by atoms with van der Waals surface area (Å²) in [7, 11) is 0. The van der Waals surface area contributed by atoms with Crippen molar-refractivity contribution < 1.29 is 14.1 Å². The number of carbonyl (C=O) groups excluding carboxylic acids is 1. The molecule has 0 atom stereocenters. The van der Waals surface area contributed by atoms with Gasteiger partial charge in [-0.15, -0.1) is 10.2 Å². The summed E-state index contributed by atoms with van der Waals surface area (Å²) in [5, 5.41) is 19.5. The highest BCUT2D eigenvalue weighted by molar-refractivity contribution is 7.99. The summed E-state index contributed by atoms with van der Waals surface area (Å²) in [6.45, 7) is 3.19. The average Bonchev–Trinajstić information content (AvgIpc) is 3.22. The Hall–Kier alpha value is -2.94. The Kier molecular flexibility index (Phi) is 4.66. The largest absolute Gasteiger partial charge is 0.453 e. The summed E-state index contributed by atoms with van der Waals surface area (Å²) in [6, 6.07) is 8.35. The summed E-state index contributed by atoms with van der Waals surface area (Å²) in [5.41, 5.74) is 1.23. The smallest absolute Gasteiger partial charge is 0.273 e. The molecule has 9 heteroatoms. The summed E-state index contributed by atoms with van der Waals surface area (Å²) in [4.78, 5) is 24.6. The van der Waals surface area contributed by atoms with E-state index < -0.39 is 4.92 Å². The second-order valence-electron chi connectivity index (χ2n) is 5.39. The zero-order chi connectivity index (χ0) is 18.0. The minimum atomic E-state index is -0.419. The lowest BCUT2D eigenvalue weighted by Crippen LogP contribution is -1.93. The van der Waals surface area contributed by atoms with Crippen LogP contribution < -0.4 is 0 Å². The van der Waals surface area contributed by atoms with Gasteiger partial charge in [-0.05, 0) is 26.0 Å². The number of hydrogen-bond acceptors (Lipinski definition) is 7. The lowest BCUT2D eigenvalue weighted by Gasteiger charge is -2.00. The zero-order valence-corrected chi connectivity index (χ0v) is 14.3. The van der Waals surface area contributed by atoms with Crippen molar-refractivity contribution in [3.63, 3.8) is 0 Å². The molecule has 0 saturated heterocycles. The van der Waals surface area contributed by atoms with Crippen LogP contribution in [0, 0.1) is 17.0 Å². The highest BCUT2D eigenvalue weighted by Crippen LogP contribution is 2.31. The fourth-order valence-corrected chi connectivity index (χ4v) is 2.78. The van der Waals surface area contributed by atoms with Gasteiger partial charge in [0.15, 0.2) is 16.7 Å². The zero-order valence-electron chi connectivity index (χ0n) is 13.5. The molecule has 3 aromatic rings. The number of carbonyl (C=O) groups is 1. The number of furan rings is 1. The third kappa shape index (κ3) is 3.77. The Morgan fingerprint density at radius 1 is 1.28 bits per heavy atom. The summed E-state index contributed by atoms with van der Waals surface area (Å²) >= 11 is 1.26. The maximum atomic E-state index is 11.1. The highest BCUT2D eigenvalue weighted by atomic mass is 32.2. The number of thioether (sulfide) groups is 1. The van der Waals surface area contributed by atoms with E-state index in [1.807, 2.05) is 0 Å². The maximum absolute atomic E-state index is 11.1. The fraction of sp³-hybridized carbons (Fsp3) is 0.188. The van der Waals surface area contributed by atoms with Gasteiger partial charge in [-0.3, -0.25) is 14.9 Å². The molecular weight excluding hydrogens is 344 g/mol. The van der Waals surface area contributed by atoms with E-state index in [4.69, 9.17) is 4.42 Å². The van der Waals surface area contributed by atoms with Crippen LogP contribution >= 0.6 is 11.8 Å². The molecule has 1 N–H and O–H groups in total. The second kappa shape index (κ2) is 6.89. The van der Waals surface area contributed by atoms with E-state index in [1.54, 1.807) is 31.2 Å². The van der Waals surface area contributed by atoms with E-state index in [9.17, 15) is 14.9 Å². The molecule has 128 valence electrons. The number of nitrogens with one attached hydrogen (secondary N) is 1. The Morgan fingerprint density at radius 3 is 2.76 bits per heavy atom. The molecule has 2 heterocycles. The van der Waals surface area contributed by atoms with Gasteiger partial charge < -0.3 is 9.40 Å². The molecule has 1 aromatic carbocycles. The lowest BCUT2D eigenvalue weighted by atomic mass is 10.1. The van der Waals surface area contributed by atoms with Crippen LogP contribution in [0.5, 0.6) is 0 Å². The second-order valence-corrected chi connectivity index (χ2v) is 6.36. The molecule has 0 amide bonds. The number of nitro benzene ring substituents is 1. The summed E-state index contributed by atoms with van der Waals surface area (Å²) in [6.07, 6.45) is 0. The summed E-state index contributed by atoms with van der Waals surface area (Å²) in [5.74, 6) is 1.74. The monoisotopic (exact) mass is 358 g/mol. The van der Waals surface area contributed by atoms with Crippen molar-refractivity contribution in [1.82, 2.24) is 15.2 Å². The van der Waals surface area contributed by atoms with E-state index >= 15 is 0 Å². The normalized spacial score (nSPS) is 10.8. The van der Waals surface area contributed by atoms with Gasteiger partial charge in [0.1, 0.15) is 11.5 Å². The molecule has 0 aliphatic rings. The van der Waals surface area contributed by atoms with Crippen LogP contribution in [0.1, 0.15) is 12.5 Å². The topological polar surface area (TPSA) is 115 Å². The predicted octanol–water partition coefficient (Wildman–Crippen LogP) is 3.63. The quantitative estimate of drug-likeness (QED) is 0.406. The molecular formula is C16H14N4O4S. The number of rotatable bonds is 6. The minimum absolute atomic E-state index is 0.0398. The molecule has 25 heavy (non-hydrogen) atoms. The maximum Gasteiger partial charge on any atom is 0.273 e. The molecule has 0 radical (unpaired) electrons. The predicted molar refractivity (Wildman–Crippen MR) is 92.3 cm³/mol. The highest BCUT2D eigenvalue weighted by Gasteiger charge is 2.16. The van der Waals surface area contributed by atoms with Crippen LogP contribution in [-0.4, -0.2) is 31.6 Å². The van der Waals surface area contributed by atoms with Crippen LogP contribution in [0.2, 0.25) is 0 Å². The Bertz CT molecular complexity index is 947. The molecule has 2 aromatic heterocycles. The van der Waals surface area contributed by atoms with Crippen molar-refractivity contribution in [3.05, 3.63) is 46.0 Å². The molecule has 0 spiro atoms. The van der Waals surface area contributed by atoms with Gasteiger partial charge >= 0.3 is 0 Å². The number of benzene rings is 1. The van der Waals surface area contributed by atoms with Gasteiger partial charge in [0.25, 0.3) is 5.69 Å². The van der Waals surface area contributed by atoms with Gasteiger partial charge in [-0.1, -0.05) is 23.9 Å². The Balaban J connectivity index is 1.84. The third-order valence-corrected chi connectivity index (χ3v) is 4.42. The molecule has 0 fully saturated rings. The van der Waals surface area contributed by atoms with Crippen LogP contribution in [-0.2, 0) is 4.79 Å². The number of hydrogen-bond donors (Lipinski definition) is 1. The molecule has 0 saturated carbocycles. The number of ketones is 1. The number of aromatic nitrogens is 3. The molecule has 0 unspecified atom stereocenters. The lowest BCUT2D eigenvalue weighted by molar-refractivity contribution is -0.385. The van der Waals surface area contributed by atoms with E-state index in [-0.39, 0.29) is 11.5 Å². The van der Waals surface area contributed by atoms with Gasteiger partial charge in [0.05, 0.1) is 10.7 Å². The van der Waals surface area contributed by atoms with Crippen molar-refractivity contribution in [1.29, 1.82) is 0 Å². The van der Waals surface area contributed by atoms with Crippen molar-refractivity contribution in [2.24, 2.45) is 0 Å². The average molecular weight is 358 g/mol. The third-order valence-electron chi connectivity index (χ3n) is 3.41. The number of aryl methyl sites for hydroxylation is 1. The standard InChI is InChI=1S/C16H14N4O4S/c1-9-3-4-11(7-12(9)20(22)23)13-5-6-14(24-13)15-17-16(19-18-15)25-8-10(2)21/h3-7H,8H2,1-2H3,(H,17,18,19). The molecule has 8 nitrogen and oxygen atoms in total. The van der Waals surface area contributed by atoms with Crippen LogP contribution in [0.15, 0.2) is 39.9 Å². The number of aromatic amines is 1. The van der Waals surface area contributed by atoms with E-state index in [1.165, 1.54) is 24.8 Å². The van der Waals surface area contributed by atoms with Crippen LogP contribution in [0.4, 0.5) is 5.69 Å². The van der Waals surface area contributed by atoms with E-state index in [0.717, 1.165) is 0 Å². The number of nitro groups is 1. The van der Waals surface area contributed by atoms with E-state index in [2.05, 4.69) is 15.2 Å². The van der Waals surface area contributed by atoms with Crippen LogP contribution in [0.25, 0.3) is 22.9 Å². The van der Waals surface area contributed by atoms with Crippen molar-refractivity contribution in [3.8, 4) is 22.9 Å². The van der Waals surface area contributed by atoms with Crippen molar-refractivity contribution in [2.45, 2.75) is 19.0 Å². The van der Waals surface area contributed by atoms with Crippen molar-refractivity contribution >= 4 is 23.2 Å². The Morgan fingerprint density at radius 2 is 2.04 bits per heavy atom. The first-order chi connectivity index (χ1) is 11.9. The van der Waals surface area contributed by atoms with Crippen molar-refractivity contribution in [2.75, 3.05) is 5.75 Å². The number of nitrogens with zero attached hydrogens (tertiary/aromatic N) is 3. The summed E-state index contributed by atoms with van der Waals surface area (Å²) < 4.78 is 5.74. The number of H-pyrrole nitrogens is 1. The van der Waals surface area contributed by atoms with Gasteiger partial charge in [0, 0.05) is 17.2 Å². The van der Waals surface area contributed by atoms with Crippen LogP contribution in [0.3, 0.4) is 0 Å². The first-order valence-corrected chi connectivity index (χ1v) is 8.33. The van der Waals surface area contributed by atoms with Gasteiger partial charge in [-0.2, -0.15) is 0 Å². The Labute approximate surface area is 146 Å².